The highest BCUT2D eigenvalue weighted by Crippen LogP contribution is 2.31. The molecule has 1 saturated heterocycles. The van der Waals surface area contributed by atoms with Crippen LogP contribution in [-0.2, 0) is 11.8 Å². The Hall–Kier alpha value is -3.53. The normalized spacial score (nSPS) is 20.3. The second-order valence-corrected chi connectivity index (χ2v) is 9.13. The van der Waals surface area contributed by atoms with Crippen LogP contribution in [0.25, 0.3) is 11.4 Å². The monoisotopic (exact) mass is 562 g/mol. The predicted octanol–water partition coefficient (Wildman–Crippen LogP) is 2.85. The van der Waals surface area contributed by atoms with Gasteiger partial charge < -0.3 is 19.9 Å². The summed E-state index contributed by atoms with van der Waals surface area (Å²) < 4.78 is 86.6. The van der Waals surface area contributed by atoms with Crippen molar-refractivity contribution in [2.75, 3.05) is 33.7 Å². The summed E-state index contributed by atoms with van der Waals surface area (Å²) in [7, 11) is 4.68. The lowest BCUT2D eigenvalue weighted by atomic mass is 10.1. The number of aromatic nitrogens is 4. The highest BCUT2D eigenvalue weighted by Gasteiger charge is 2.48. The van der Waals surface area contributed by atoms with Gasteiger partial charge in [-0.3, -0.25) is 9.48 Å². The van der Waals surface area contributed by atoms with Crippen LogP contribution < -0.4 is 5.32 Å². The summed E-state index contributed by atoms with van der Waals surface area (Å²) in [5, 5.41) is 7.06. The molecule has 2 aromatic rings. The number of nitrogens with one attached hydrogen (secondary N) is 1. The molecule has 1 aliphatic heterocycles. The van der Waals surface area contributed by atoms with E-state index in [1.54, 1.807) is 14.1 Å². The fourth-order valence-electron chi connectivity index (χ4n) is 3.75. The Morgan fingerprint density at radius 2 is 1.95 bits per heavy atom. The number of hydrogen-bond donors (Lipinski definition) is 1. The highest BCUT2D eigenvalue weighted by atomic mass is 19.4. The number of amidine groups is 1. The number of likely N-dealkylation sites (N-methyl/N-ethyl adjacent to an activating group) is 1. The predicted molar refractivity (Wildman–Crippen MR) is 128 cm³/mol. The lowest BCUT2D eigenvalue weighted by Crippen LogP contribution is -2.62. The molecular formula is C23H28F6N8O2. The molecule has 10 nitrogen and oxygen atoms in total. The van der Waals surface area contributed by atoms with Crippen LogP contribution in [0.4, 0.5) is 26.3 Å². The zero-order valence-electron chi connectivity index (χ0n) is 21.8. The van der Waals surface area contributed by atoms with Crippen LogP contribution in [0.5, 0.6) is 0 Å². The Morgan fingerprint density at radius 1 is 1.31 bits per heavy atom. The van der Waals surface area contributed by atoms with Gasteiger partial charge in [0.2, 0.25) is 0 Å². The molecule has 0 aromatic carbocycles. The van der Waals surface area contributed by atoms with Gasteiger partial charge in [0, 0.05) is 45.7 Å². The summed E-state index contributed by atoms with van der Waals surface area (Å²) in [6.45, 7) is 1.09. The third kappa shape index (κ3) is 7.53. The van der Waals surface area contributed by atoms with Crippen LogP contribution in [0.2, 0.25) is 0 Å². The molecule has 3 rings (SSSR count). The molecule has 1 N–H and O–H groups in total. The number of morpholine rings is 1. The maximum atomic E-state index is 14.4. The summed E-state index contributed by atoms with van der Waals surface area (Å²) in [6, 6.07) is -0.919. The van der Waals surface area contributed by atoms with E-state index in [1.807, 2.05) is 0 Å². The summed E-state index contributed by atoms with van der Waals surface area (Å²) >= 11 is 0. The number of allylic oxidation sites excluding steroid dienone is 1. The van der Waals surface area contributed by atoms with E-state index in [1.165, 1.54) is 29.7 Å². The van der Waals surface area contributed by atoms with Crippen molar-refractivity contribution in [1.29, 1.82) is 0 Å². The molecule has 39 heavy (non-hydrogen) atoms. The summed E-state index contributed by atoms with van der Waals surface area (Å²) in [6.07, 6.45) is -5.41. The summed E-state index contributed by atoms with van der Waals surface area (Å²) in [5.41, 5.74) is -1.00. The number of rotatable bonds is 7. The lowest BCUT2D eigenvalue weighted by Gasteiger charge is -2.43. The average molecular weight is 563 g/mol. The third-order valence-corrected chi connectivity index (χ3v) is 5.82. The molecule has 0 bridgehead atoms. The number of hydrogen-bond acceptors (Lipinski definition) is 7. The van der Waals surface area contributed by atoms with Crippen molar-refractivity contribution >= 4 is 11.7 Å². The van der Waals surface area contributed by atoms with Crippen molar-refractivity contribution in [1.82, 2.24) is 34.9 Å². The van der Waals surface area contributed by atoms with E-state index in [0.717, 1.165) is 24.2 Å². The second kappa shape index (κ2) is 11.7. The first-order valence-electron chi connectivity index (χ1n) is 11.7. The highest BCUT2D eigenvalue weighted by molar-refractivity contribution is 5.98. The molecule has 0 unspecified atom stereocenters. The number of aryl methyl sites for hydroxylation is 1. The summed E-state index contributed by atoms with van der Waals surface area (Å²) in [5.74, 6) is -1.35. The van der Waals surface area contributed by atoms with Gasteiger partial charge in [-0.1, -0.05) is 0 Å². The van der Waals surface area contributed by atoms with Gasteiger partial charge in [-0.25, -0.2) is 19.4 Å². The van der Waals surface area contributed by atoms with E-state index in [2.05, 4.69) is 25.4 Å². The molecular weight excluding hydrogens is 534 g/mol. The maximum Gasteiger partial charge on any atom is 0.413 e. The molecule has 0 spiro atoms. The maximum absolute atomic E-state index is 14.4. The van der Waals surface area contributed by atoms with Gasteiger partial charge in [-0.05, 0) is 13.8 Å². The number of carbonyl (C=O) groups excluding carboxylic acids is 1. The first-order valence-corrected chi connectivity index (χ1v) is 11.7. The standard InChI is InChI=1S/C23H28F6N8O2/c1-13(23(27,28)29)6-31-18(35(3)4)10-30-9-17-14(2)39-22(25,26)12-37(17)21(38)19-16(11-36(5)34-19)20-32-7-15(24)8-33-20/h6-8,11,14,17,30H,9-10,12H2,1-5H3/b13-6+,31-18?/t14-,17+/m0/s1. The van der Waals surface area contributed by atoms with Crippen molar-refractivity contribution in [2.45, 2.75) is 38.3 Å². The zero-order valence-corrected chi connectivity index (χ0v) is 21.8. The van der Waals surface area contributed by atoms with E-state index < -0.39 is 48.3 Å². The lowest BCUT2D eigenvalue weighted by molar-refractivity contribution is -0.298. The van der Waals surface area contributed by atoms with Crippen LogP contribution in [0.3, 0.4) is 0 Å². The summed E-state index contributed by atoms with van der Waals surface area (Å²) in [4.78, 5) is 27.6. The minimum atomic E-state index is -4.53. The van der Waals surface area contributed by atoms with Gasteiger partial charge in [0.15, 0.2) is 17.3 Å². The average Bonchev–Trinajstić information content (AvgIpc) is 3.22. The molecule has 16 heteroatoms. The SMILES string of the molecule is C/C(=C\N=C(CNC[C@@H]1[C@H](C)OC(F)(F)CN1C(=O)c1nn(C)cc1-c1ncc(F)cn1)N(C)C)C(F)(F)F. The number of alkyl halides is 5. The van der Waals surface area contributed by atoms with Gasteiger partial charge in [0.05, 0.1) is 36.6 Å². The fourth-order valence-corrected chi connectivity index (χ4v) is 3.75. The number of amides is 1. The Bertz CT molecular complexity index is 1230. The van der Waals surface area contributed by atoms with Crippen molar-refractivity contribution < 1.29 is 35.9 Å². The quantitative estimate of drug-likeness (QED) is 0.315. The van der Waals surface area contributed by atoms with E-state index in [-0.39, 0.29) is 36.0 Å². The molecule has 2 aromatic heterocycles. The van der Waals surface area contributed by atoms with Gasteiger partial charge >= 0.3 is 12.3 Å². The number of ether oxygens (including phenoxy) is 1. The number of aliphatic imine (C=N–C) groups is 1. The molecule has 0 radical (unpaired) electrons. The van der Waals surface area contributed by atoms with Crippen molar-refractivity contribution in [3.63, 3.8) is 0 Å². The number of nitrogens with zero attached hydrogens (tertiary/aromatic N) is 7. The van der Waals surface area contributed by atoms with Crippen LogP contribution in [0.15, 0.2) is 35.4 Å². The number of halogens is 6. The van der Waals surface area contributed by atoms with Crippen molar-refractivity contribution in [3.05, 3.63) is 41.9 Å². The Kier molecular flexibility index (Phi) is 9.00. The minimum absolute atomic E-state index is 0.0235. The number of carbonyl (C=O) groups is 1. The van der Waals surface area contributed by atoms with Gasteiger partial charge in [-0.15, -0.1) is 0 Å². The van der Waals surface area contributed by atoms with Crippen molar-refractivity contribution in [2.24, 2.45) is 12.0 Å². The van der Waals surface area contributed by atoms with E-state index in [9.17, 15) is 31.1 Å². The zero-order chi connectivity index (χ0) is 29.1. The van der Waals surface area contributed by atoms with E-state index >= 15 is 0 Å². The minimum Gasteiger partial charge on any atom is -0.365 e. The van der Waals surface area contributed by atoms with Crippen LogP contribution >= 0.6 is 0 Å². The van der Waals surface area contributed by atoms with Crippen LogP contribution in [-0.4, -0.2) is 99.5 Å². The Labute approximate surface area is 220 Å². The van der Waals surface area contributed by atoms with Gasteiger partial charge in [-0.2, -0.15) is 27.1 Å². The first-order chi connectivity index (χ1) is 18.1. The molecule has 2 atom stereocenters. The van der Waals surface area contributed by atoms with Crippen LogP contribution in [0, 0.1) is 5.82 Å². The van der Waals surface area contributed by atoms with E-state index in [4.69, 9.17) is 4.74 Å². The molecule has 214 valence electrons. The molecule has 1 fully saturated rings. The largest absolute Gasteiger partial charge is 0.413 e. The van der Waals surface area contributed by atoms with Gasteiger partial charge in [0.1, 0.15) is 12.4 Å². The topological polar surface area (TPSA) is 101 Å². The first kappa shape index (κ1) is 30.0. The second-order valence-electron chi connectivity index (χ2n) is 9.13. The molecule has 1 amide bonds. The molecule has 0 saturated carbocycles. The smallest absolute Gasteiger partial charge is 0.365 e. The third-order valence-electron chi connectivity index (χ3n) is 5.82. The van der Waals surface area contributed by atoms with Crippen molar-refractivity contribution in [3.8, 4) is 11.4 Å². The Morgan fingerprint density at radius 3 is 2.54 bits per heavy atom. The van der Waals surface area contributed by atoms with E-state index in [0.29, 0.717) is 6.20 Å². The van der Waals surface area contributed by atoms with Crippen LogP contribution in [0.1, 0.15) is 24.3 Å². The molecule has 3 heterocycles. The Balaban J connectivity index is 1.85. The molecule has 0 aliphatic carbocycles. The molecule has 1 aliphatic rings. The van der Waals surface area contributed by atoms with Gasteiger partial charge in [0.25, 0.3) is 5.91 Å². The fraction of sp³-hybridized carbons (Fsp3) is 0.522.